The van der Waals surface area contributed by atoms with Crippen molar-refractivity contribution in [2.45, 2.75) is 13.8 Å². The standard InChI is InChI=1S/C8H10BrNO/c1-3-11-8-6(2)4-7(9)5-10-8/h4-5H,3H2,1-2H3. The Morgan fingerprint density at radius 2 is 2.36 bits per heavy atom. The van der Waals surface area contributed by atoms with Crippen LogP contribution in [-0.2, 0) is 0 Å². The van der Waals surface area contributed by atoms with Gasteiger partial charge in [0.05, 0.1) is 6.61 Å². The molecule has 0 aliphatic heterocycles. The molecule has 1 aromatic rings. The van der Waals surface area contributed by atoms with Crippen LogP contribution < -0.4 is 4.74 Å². The number of hydrogen-bond acceptors (Lipinski definition) is 2. The van der Waals surface area contributed by atoms with Crippen LogP contribution in [-0.4, -0.2) is 11.6 Å². The third-order valence-corrected chi connectivity index (χ3v) is 1.71. The van der Waals surface area contributed by atoms with Crippen LogP contribution in [0.3, 0.4) is 0 Å². The van der Waals surface area contributed by atoms with Crippen molar-refractivity contribution in [2.75, 3.05) is 6.61 Å². The Morgan fingerprint density at radius 1 is 1.64 bits per heavy atom. The minimum atomic E-state index is 0.662. The highest BCUT2D eigenvalue weighted by molar-refractivity contribution is 9.10. The Bertz CT molecular complexity index is 250. The topological polar surface area (TPSA) is 22.1 Å². The lowest BCUT2D eigenvalue weighted by Gasteiger charge is -2.04. The van der Waals surface area contributed by atoms with Gasteiger partial charge < -0.3 is 4.74 Å². The Morgan fingerprint density at radius 3 is 2.91 bits per heavy atom. The van der Waals surface area contributed by atoms with Gasteiger partial charge in [-0.05, 0) is 35.8 Å². The van der Waals surface area contributed by atoms with Crippen LogP contribution >= 0.6 is 15.9 Å². The van der Waals surface area contributed by atoms with E-state index in [9.17, 15) is 0 Å². The van der Waals surface area contributed by atoms with Crippen LogP contribution in [0.25, 0.3) is 0 Å². The van der Waals surface area contributed by atoms with Crippen LogP contribution in [0.2, 0.25) is 0 Å². The number of pyridine rings is 1. The van der Waals surface area contributed by atoms with Crippen molar-refractivity contribution in [1.82, 2.24) is 4.98 Å². The van der Waals surface area contributed by atoms with E-state index in [2.05, 4.69) is 20.9 Å². The molecule has 0 unspecified atom stereocenters. The predicted octanol–water partition coefficient (Wildman–Crippen LogP) is 2.55. The van der Waals surface area contributed by atoms with Crippen molar-refractivity contribution in [1.29, 1.82) is 0 Å². The van der Waals surface area contributed by atoms with Crippen LogP contribution in [0.5, 0.6) is 5.88 Å². The summed E-state index contributed by atoms with van der Waals surface area (Å²) in [5.41, 5.74) is 1.06. The van der Waals surface area contributed by atoms with E-state index in [1.165, 1.54) is 0 Å². The Kier molecular flexibility index (Phi) is 2.88. The zero-order chi connectivity index (χ0) is 8.27. The molecule has 1 heterocycles. The lowest BCUT2D eigenvalue weighted by molar-refractivity contribution is 0.324. The fraction of sp³-hybridized carbons (Fsp3) is 0.375. The van der Waals surface area contributed by atoms with Gasteiger partial charge >= 0.3 is 0 Å². The maximum absolute atomic E-state index is 5.26. The van der Waals surface area contributed by atoms with Crippen molar-refractivity contribution >= 4 is 15.9 Å². The van der Waals surface area contributed by atoms with E-state index in [0.29, 0.717) is 6.61 Å². The highest BCUT2D eigenvalue weighted by Gasteiger charge is 1.99. The van der Waals surface area contributed by atoms with Crippen molar-refractivity contribution < 1.29 is 4.74 Å². The maximum atomic E-state index is 5.26. The average Bonchev–Trinajstić information content (AvgIpc) is 1.95. The van der Waals surface area contributed by atoms with E-state index >= 15 is 0 Å². The van der Waals surface area contributed by atoms with E-state index in [0.717, 1.165) is 15.9 Å². The van der Waals surface area contributed by atoms with Gasteiger partial charge in [-0.15, -0.1) is 0 Å². The van der Waals surface area contributed by atoms with Crippen LogP contribution in [0, 0.1) is 6.92 Å². The first-order chi connectivity index (χ1) is 5.24. The largest absolute Gasteiger partial charge is 0.478 e. The van der Waals surface area contributed by atoms with Gasteiger partial charge in [0.1, 0.15) is 0 Å². The number of aromatic nitrogens is 1. The summed E-state index contributed by atoms with van der Waals surface area (Å²) in [6.07, 6.45) is 1.73. The van der Waals surface area contributed by atoms with Crippen molar-refractivity contribution in [3.63, 3.8) is 0 Å². The minimum absolute atomic E-state index is 0.662. The van der Waals surface area contributed by atoms with Gasteiger partial charge in [0.15, 0.2) is 0 Å². The number of halogens is 1. The number of nitrogens with zero attached hydrogens (tertiary/aromatic N) is 1. The Labute approximate surface area is 74.7 Å². The molecule has 0 amide bonds. The summed E-state index contributed by atoms with van der Waals surface area (Å²) in [6, 6.07) is 1.98. The highest BCUT2D eigenvalue weighted by atomic mass is 79.9. The van der Waals surface area contributed by atoms with Gasteiger partial charge in [0, 0.05) is 16.2 Å². The minimum Gasteiger partial charge on any atom is -0.478 e. The van der Waals surface area contributed by atoms with Crippen LogP contribution in [0.1, 0.15) is 12.5 Å². The van der Waals surface area contributed by atoms with Gasteiger partial charge in [-0.1, -0.05) is 0 Å². The zero-order valence-corrected chi connectivity index (χ0v) is 8.18. The molecule has 2 nitrogen and oxygen atoms in total. The van der Waals surface area contributed by atoms with Gasteiger partial charge in [0.25, 0.3) is 0 Å². The first kappa shape index (κ1) is 8.53. The molecule has 3 heteroatoms. The SMILES string of the molecule is CCOc1ncc(Br)cc1C. The van der Waals surface area contributed by atoms with E-state index in [4.69, 9.17) is 4.74 Å². The molecule has 0 aromatic carbocycles. The maximum Gasteiger partial charge on any atom is 0.216 e. The molecule has 0 atom stereocenters. The molecule has 0 fully saturated rings. The van der Waals surface area contributed by atoms with E-state index < -0.39 is 0 Å². The number of ether oxygens (including phenoxy) is 1. The lowest BCUT2D eigenvalue weighted by atomic mass is 10.3. The Hall–Kier alpha value is -0.570. The normalized spacial score (nSPS) is 9.73. The zero-order valence-electron chi connectivity index (χ0n) is 6.60. The van der Waals surface area contributed by atoms with Crippen LogP contribution in [0.4, 0.5) is 0 Å². The Balaban J connectivity index is 2.90. The summed E-state index contributed by atoms with van der Waals surface area (Å²) >= 11 is 3.33. The molecule has 0 saturated heterocycles. The summed E-state index contributed by atoms with van der Waals surface area (Å²) in [7, 11) is 0. The van der Waals surface area contributed by atoms with Crippen LogP contribution in [0.15, 0.2) is 16.7 Å². The van der Waals surface area contributed by atoms with Gasteiger partial charge in [0.2, 0.25) is 5.88 Å². The molecule has 1 aromatic heterocycles. The van der Waals surface area contributed by atoms with Gasteiger partial charge in [-0.2, -0.15) is 0 Å². The molecular formula is C8H10BrNO. The fourth-order valence-corrected chi connectivity index (χ4v) is 1.26. The summed E-state index contributed by atoms with van der Waals surface area (Å²) in [5, 5.41) is 0. The van der Waals surface area contributed by atoms with E-state index in [1.807, 2.05) is 19.9 Å². The molecular weight excluding hydrogens is 206 g/mol. The van der Waals surface area contributed by atoms with E-state index in [-0.39, 0.29) is 0 Å². The summed E-state index contributed by atoms with van der Waals surface area (Å²) in [6.45, 7) is 4.58. The van der Waals surface area contributed by atoms with Crippen molar-refractivity contribution in [3.05, 3.63) is 22.3 Å². The molecule has 0 radical (unpaired) electrons. The molecule has 11 heavy (non-hydrogen) atoms. The third-order valence-electron chi connectivity index (χ3n) is 1.28. The highest BCUT2D eigenvalue weighted by Crippen LogP contribution is 2.18. The molecule has 0 bridgehead atoms. The molecule has 0 aliphatic rings. The lowest BCUT2D eigenvalue weighted by Crippen LogP contribution is -1.96. The second-order valence-electron chi connectivity index (χ2n) is 2.21. The molecule has 1 rings (SSSR count). The monoisotopic (exact) mass is 215 g/mol. The number of hydrogen-bond donors (Lipinski definition) is 0. The van der Waals surface area contributed by atoms with Crippen molar-refractivity contribution in [3.8, 4) is 5.88 Å². The van der Waals surface area contributed by atoms with Gasteiger partial charge in [-0.25, -0.2) is 4.98 Å². The quantitative estimate of drug-likeness (QED) is 0.757. The average molecular weight is 216 g/mol. The first-order valence-corrected chi connectivity index (χ1v) is 4.28. The van der Waals surface area contributed by atoms with Crippen molar-refractivity contribution in [2.24, 2.45) is 0 Å². The molecule has 60 valence electrons. The third kappa shape index (κ3) is 2.19. The first-order valence-electron chi connectivity index (χ1n) is 3.49. The van der Waals surface area contributed by atoms with E-state index in [1.54, 1.807) is 6.20 Å². The summed E-state index contributed by atoms with van der Waals surface area (Å²) in [4.78, 5) is 4.10. The molecule has 0 N–H and O–H groups in total. The fourth-order valence-electron chi connectivity index (χ4n) is 0.816. The van der Waals surface area contributed by atoms with Gasteiger partial charge in [-0.3, -0.25) is 0 Å². The second kappa shape index (κ2) is 3.72. The summed E-state index contributed by atoms with van der Waals surface area (Å²) in [5.74, 6) is 0.718. The smallest absolute Gasteiger partial charge is 0.216 e. The number of rotatable bonds is 2. The molecule has 0 spiro atoms. The summed E-state index contributed by atoms with van der Waals surface area (Å²) < 4.78 is 6.24. The second-order valence-corrected chi connectivity index (χ2v) is 3.12. The predicted molar refractivity (Wildman–Crippen MR) is 47.8 cm³/mol. The molecule has 0 saturated carbocycles. The number of aryl methyl sites for hydroxylation is 1. The molecule has 0 aliphatic carbocycles.